The smallest absolute Gasteiger partial charge is 0.126 e. The highest BCUT2D eigenvalue weighted by Crippen LogP contribution is 2.41. The van der Waals surface area contributed by atoms with Crippen LogP contribution in [0.25, 0.3) is 0 Å². The topological polar surface area (TPSA) is 3.24 Å². The van der Waals surface area contributed by atoms with Gasteiger partial charge in [0.1, 0.15) is 11.6 Å². The highest BCUT2D eigenvalue weighted by Gasteiger charge is 2.31. The molecule has 1 nitrogen and oxygen atoms in total. The van der Waals surface area contributed by atoms with Gasteiger partial charge in [0.25, 0.3) is 0 Å². The highest BCUT2D eigenvalue weighted by molar-refractivity contribution is 6.35. The Morgan fingerprint density at radius 2 is 1.47 bits per heavy atom. The Hall–Kier alpha value is -1.81. The van der Waals surface area contributed by atoms with Crippen LogP contribution < -0.4 is 4.90 Å². The molecule has 0 aromatic heterocycles. The second-order valence-electron chi connectivity index (χ2n) is 7.74. The molecule has 1 fully saturated rings. The zero-order valence-electron chi connectivity index (χ0n) is 16.1. The molecule has 6 heteroatoms. The van der Waals surface area contributed by atoms with Gasteiger partial charge in [-0.3, -0.25) is 0 Å². The molecule has 0 aliphatic carbocycles. The molecule has 156 valence electrons. The maximum Gasteiger partial charge on any atom is 0.126 e. The van der Waals surface area contributed by atoms with Crippen molar-refractivity contribution in [3.63, 3.8) is 0 Å². The van der Waals surface area contributed by atoms with Gasteiger partial charge < -0.3 is 4.90 Å². The Kier molecular flexibility index (Phi) is 6.52. The van der Waals surface area contributed by atoms with E-state index in [1.54, 1.807) is 6.07 Å². The maximum atomic E-state index is 13.6. The Morgan fingerprint density at radius 3 is 2.13 bits per heavy atom. The van der Waals surface area contributed by atoms with E-state index in [4.69, 9.17) is 34.8 Å². The Labute approximate surface area is 190 Å². The van der Waals surface area contributed by atoms with E-state index in [0.29, 0.717) is 27.1 Å². The number of nitrogens with zero attached hydrogens (tertiary/aromatic N) is 1. The fourth-order valence-electron chi connectivity index (χ4n) is 4.29. The van der Waals surface area contributed by atoms with Crippen molar-refractivity contribution < 1.29 is 8.78 Å². The van der Waals surface area contributed by atoms with Crippen LogP contribution in [-0.4, -0.2) is 6.54 Å². The highest BCUT2D eigenvalue weighted by atomic mass is 35.5. The van der Waals surface area contributed by atoms with Crippen molar-refractivity contribution in [1.29, 1.82) is 0 Å². The molecule has 3 aromatic carbocycles. The minimum absolute atomic E-state index is 0.0800. The number of rotatable bonds is 4. The van der Waals surface area contributed by atoms with Crippen LogP contribution in [0.15, 0.2) is 60.7 Å². The first-order valence-corrected chi connectivity index (χ1v) is 10.9. The lowest BCUT2D eigenvalue weighted by atomic mass is 9.85. The van der Waals surface area contributed by atoms with Crippen LogP contribution in [0.1, 0.15) is 30.0 Å². The summed E-state index contributed by atoms with van der Waals surface area (Å²) in [6.07, 6.45) is 2.40. The lowest BCUT2D eigenvalue weighted by Crippen LogP contribution is -2.39. The number of hydrogen-bond donors (Lipinski definition) is 0. The largest absolute Gasteiger partial charge is 0.364 e. The average molecular weight is 467 g/mol. The van der Waals surface area contributed by atoms with Crippen LogP contribution in [0.2, 0.25) is 15.1 Å². The molecule has 0 spiro atoms. The molecule has 1 aliphatic rings. The summed E-state index contributed by atoms with van der Waals surface area (Å²) in [5.74, 6) is -0.827. The third-order valence-corrected chi connectivity index (χ3v) is 6.42. The van der Waals surface area contributed by atoms with Crippen LogP contribution in [0.3, 0.4) is 0 Å². The Bertz CT molecular complexity index is 1020. The average Bonchev–Trinajstić information content (AvgIpc) is 2.68. The van der Waals surface area contributed by atoms with Crippen LogP contribution in [-0.2, 0) is 6.42 Å². The van der Waals surface area contributed by atoms with Gasteiger partial charge in [0, 0.05) is 33.4 Å². The lowest BCUT2D eigenvalue weighted by Gasteiger charge is -2.42. The molecule has 0 N–H and O–H groups in total. The van der Waals surface area contributed by atoms with E-state index in [1.807, 2.05) is 36.4 Å². The minimum atomic E-state index is -0.541. The van der Waals surface area contributed by atoms with Crippen molar-refractivity contribution >= 4 is 40.5 Å². The molecule has 0 amide bonds. The lowest BCUT2D eigenvalue weighted by molar-refractivity contribution is 0.357. The van der Waals surface area contributed by atoms with E-state index < -0.39 is 11.6 Å². The summed E-state index contributed by atoms with van der Waals surface area (Å²) in [5.41, 5.74) is 2.73. The predicted octanol–water partition coefficient (Wildman–Crippen LogP) is 8.13. The van der Waals surface area contributed by atoms with Gasteiger partial charge in [-0.1, -0.05) is 40.9 Å². The van der Waals surface area contributed by atoms with E-state index >= 15 is 0 Å². The number of piperidine rings is 1. The van der Waals surface area contributed by atoms with Gasteiger partial charge >= 0.3 is 0 Å². The van der Waals surface area contributed by atoms with Crippen molar-refractivity contribution in [2.24, 2.45) is 5.92 Å². The molecule has 2 atom stereocenters. The molecule has 0 unspecified atom stereocenters. The SMILES string of the molecule is Fc1cc(F)cc(C[C@H]2CC[C@H](c3ccc(Cl)cc3Cl)N(c3ccc(Cl)cc3)C2)c1. The quantitative estimate of drug-likeness (QED) is 0.375. The summed E-state index contributed by atoms with van der Waals surface area (Å²) in [4.78, 5) is 2.30. The molecule has 1 aliphatic heterocycles. The third kappa shape index (κ3) is 4.91. The van der Waals surface area contributed by atoms with Crippen molar-refractivity contribution in [1.82, 2.24) is 0 Å². The molecule has 0 saturated carbocycles. The van der Waals surface area contributed by atoms with Crippen molar-refractivity contribution in [3.8, 4) is 0 Å². The van der Waals surface area contributed by atoms with E-state index in [-0.39, 0.29) is 12.0 Å². The normalized spacial score (nSPS) is 19.2. The van der Waals surface area contributed by atoms with E-state index in [9.17, 15) is 8.78 Å². The third-order valence-electron chi connectivity index (χ3n) is 5.61. The van der Waals surface area contributed by atoms with Gasteiger partial charge in [-0.25, -0.2) is 8.78 Å². The van der Waals surface area contributed by atoms with Gasteiger partial charge in [0.05, 0.1) is 6.04 Å². The molecular formula is C24H20Cl3F2N. The molecule has 0 radical (unpaired) electrons. The van der Waals surface area contributed by atoms with Crippen molar-refractivity contribution in [3.05, 3.63) is 98.5 Å². The van der Waals surface area contributed by atoms with Crippen molar-refractivity contribution in [2.75, 3.05) is 11.4 Å². The van der Waals surface area contributed by atoms with Crippen LogP contribution >= 0.6 is 34.8 Å². The Morgan fingerprint density at radius 1 is 0.800 bits per heavy atom. The maximum absolute atomic E-state index is 13.6. The first kappa shape index (κ1) is 21.4. The first-order chi connectivity index (χ1) is 14.4. The number of halogens is 5. The van der Waals surface area contributed by atoms with E-state index in [2.05, 4.69) is 4.90 Å². The second kappa shape index (κ2) is 9.13. The fourth-order valence-corrected chi connectivity index (χ4v) is 4.95. The minimum Gasteiger partial charge on any atom is -0.364 e. The standard InChI is InChI=1S/C24H20Cl3F2N/c25-17-2-5-21(6-3-17)30-14-15(9-16-10-19(28)13-20(29)11-16)1-8-24(30)22-7-4-18(26)12-23(22)27/h2-7,10-13,15,24H,1,8-9,14H2/t15-,24-/m1/s1. The van der Waals surface area contributed by atoms with Crippen LogP contribution in [0.4, 0.5) is 14.5 Å². The van der Waals surface area contributed by atoms with E-state index in [1.165, 1.54) is 12.1 Å². The molecule has 3 aromatic rings. The Balaban J connectivity index is 1.63. The zero-order valence-corrected chi connectivity index (χ0v) is 18.4. The number of benzene rings is 3. The van der Waals surface area contributed by atoms with E-state index in [0.717, 1.165) is 36.7 Å². The number of hydrogen-bond acceptors (Lipinski definition) is 1. The zero-order chi connectivity index (χ0) is 21.3. The number of anilines is 1. The van der Waals surface area contributed by atoms with Gasteiger partial charge in [0.15, 0.2) is 0 Å². The summed E-state index contributed by atoms with van der Waals surface area (Å²) in [7, 11) is 0. The predicted molar refractivity (Wildman–Crippen MR) is 121 cm³/mol. The molecule has 1 saturated heterocycles. The molecule has 4 rings (SSSR count). The summed E-state index contributed by atoms with van der Waals surface area (Å²) in [5, 5.41) is 1.91. The molecular weight excluding hydrogens is 447 g/mol. The summed E-state index contributed by atoms with van der Waals surface area (Å²) in [6, 6.07) is 17.1. The molecule has 30 heavy (non-hydrogen) atoms. The fraction of sp³-hybridized carbons (Fsp3) is 0.250. The molecule has 0 bridgehead atoms. The van der Waals surface area contributed by atoms with Gasteiger partial charge in [-0.15, -0.1) is 0 Å². The summed E-state index contributed by atoms with van der Waals surface area (Å²) >= 11 is 18.7. The summed E-state index contributed by atoms with van der Waals surface area (Å²) < 4.78 is 27.3. The van der Waals surface area contributed by atoms with Crippen molar-refractivity contribution in [2.45, 2.75) is 25.3 Å². The first-order valence-electron chi connectivity index (χ1n) is 9.81. The van der Waals surface area contributed by atoms with Gasteiger partial charge in [-0.05, 0) is 84.8 Å². The van der Waals surface area contributed by atoms with Crippen LogP contribution in [0.5, 0.6) is 0 Å². The monoisotopic (exact) mass is 465 g/mol. The van der Waals surface area contributed by atoms with Gasteiger partial charge in [-0.2, -0.15) is 0 Å². The van der Waals surface area contributed by atoms with Gasteiger partial charge in [0.2, 0.25) is 0 Å². The van der Waals surface area contributed by atoms with Crippen LogP contribution in [0, 0.1) is 17.6 Å². The molecule has 1 heterocycles. The second-order valence-corrected chi connectivity index (χ2v) is 9.02. The summed E-state index contributed by atoms with van der Waals surface area (Å²) in [6.45, 7) is 0.739.